The Hall–Kier alpha value is -2.25. The van der Waals surface area contributed by atoms with Crippen LogP contribution in [0.4, 0.5) is 4.39 Å². The first-order valence-corrected chi connectivity index (χ1v) is 7.42. The van der Waals surface area contributed by atoms with Crippen molar-refractivity contribution >= 4 is 11.5 Å². The molecular weight excluding hydrogens is 301 g/mol. The maximum absolute atomic E-state index is 15.0. The number of pyridine rings is 2. The lowest BCUT2D eigenvalue weighted by atomic mass is 9.98. The summed E-state index contributed by atoms with van der Waals surface area (Å²) in [6.45, 7) is 0.969. The van der Waals surface area contributed by atoms with Crippen molar-refractivity contribution in [3.8, 4) is 0 Å². The quantitative estimate of drug-likeness (QED) is 0.859. The molecule has 0 atom stereocenters. The standard InChI is InChI=1S/C16H18FN3O3/c1-19(9-7-18)16(5-6-16)12-10-4-2-3-8-20(10)14(21)11(13(12)17)15(22)23/h2-4,8H,5-7,9,18H2,1H3,(H,22,23). The normalized spacial score (nSPS) is 16.0. The van der Waals surface area contributed by atoms with E-state index in [1.807, 2.05) is 11.9 Å². The molecule has 1 saturated carbocycles. The van der Waals surface area contributed by atoms with Crippen LogP contribution in [0.25, 0.3) is 5.52 Å². The molecule has 7 heteroatoms. The van der Waals surface area contributed by atoms with Crippen LogP contribution in [0.1, 0.15) is 28.8 Å². The first kappa shape index (κ1) is 15.6. The van der Waals surface area contributed by atoms with Gasteiger partial charge in [-0.1, -0.05) is 6.07 Å². The van der Waals surface area contributed by atoms with E-state index in [0.717, 1.165) is 0 Å². The zero-order chi connectivity index (χ0) is 16.8. The molecule has 2 aromatic heterocycles. The van der Waals surface area contributed by atoms with Gasteiger partial charge < -0.3 is 10.8 Å². The minimum Gasteiger partial charge on any atom is -0.477 e. The molecule has 0 bridgehead atoms. The van der Waals surface area contributed by atoms with Crippen molar-refractivity contribution in [2.45, 2.75) is 18.4 Å². The Labute approximate surface area is 131 Å². The SMILES string of the molecule is CN(CCN)C1(c2c(F)c(C(=O)O)c(=O)n3ccccc23)CC1. The van der Waals surface area contributed by atoms with Gasteiger partial charge in [0.1, 0.15) is 0 Å². The molecule has 0 spiro atoms. The molecule has 0 aromatic carbocycles. The van der Waals surface area contributed by atoms with E-state index in [9.17, 15) is 19.1 Å². The number of aromatic nitrogens is 1. The van der Waals surface area contributed by atoms with Crippen LogP contribution in [-0.4, -0.2) is 40.5 Å². The van der Waals surface area contributed by atoms with Gasteiger partial charge in [-0.3, -0.25) is 14.1 Å². The highest BCUT2D eigenvalue weighted by Crippen LogP contribution is 2.52. The summed E-state index contributed by atoms with van der Waals surface area (Å²) in [7, 11) is 1.84. The van der Waals surface area contributed by atoms with E-state index in [0.29, 0.717) is 31.4 Å². The second kappa shape index (κ2) is 5.43. The zero-order valence-corrected chi connectivity index (χ0v) is 12.8. The van der Waals surface area contributed by atoms with Crippen molar-refractivity contribution in [3.63, 3.8) is 0 Å². The summed E-state index contributed by atoms with van der Waals surface area (Å²) in [6, 6.07) is 4.96. The van der Waals surface area contributed by atoms with Gasteiger partial charge in [0, 0.05) is 24.8 Å². The lowest BCUT2D eigenvalue weighted by Crippen LogP contribution is -2.38. The number of aromatic carboxylic acids is 1. The lowest BCUT2D eigenvalue weighted by molar-refractivity contribution is 0.0688. The summed E-state index contributed by atoms with van der Waals surface area (Å²) < 4.78 is 16.2. The summed E-state index contributed by atoms with van der Waals surface area (Å²) in [5.74, 6) is -2.49. The third-order valence-electron chi connectivity index (χ3n) is 4.59. The van der Waals surface area contributed by atoms with Gasteiger partial charge in [0.15, 0.2) is 11.4 Å². The number of fused-ring (bicyclic) bond motifs is 1. The van der Waals surface area contributed by atoms with Gasteiger partial charge in [0.2, 0.25) is 0 Å². The Morgan fingerprint density at radius 3 is 2.74 bits per heavy atom. The molecule has 0 saturated heterocycles. The fourth-order valence-electron chi connectivity index (χ4n) is 3.25. The number of carbonyl (C=O) groups is 1. The molecule has 0 unspecified atom stereocenters. The highest BCUT2D eigenvalue weighted by atomic mass is 19.1. The van der Waals surface area contributed by atoms with Crippen molar-refractivity contribution in [3.05, 3.63) is 51.7 Å². The van der Waals surface area contributed by atoms with E-state index in [-0.39, 0.29) is 5.56 Å². The van der Waals surface area contributed by atoms with Gasteiger partial charge in [0.25, 0.3) is 5.56 Å². The third-order valence-corrected chi connectivity index (χ3v) is 4.59. The van der Waals surface area contributed by atoms with Crippen LogP contribution in [0.3, 0.4) is 0 Å². The Morgan fingerprint density at radius 2 is 2.17 bits per heavy atom. The molecule has 1 aliphatic carbocycles. The Morgan fingerprint density at radius 1 is 1.48 bits per heavy atom. The maximum atomic E-state index is 15.0. The van der Waals surface area contributed by atoms with Crippen molar-refractivity contribution in [1.82, 2.24) is 9.30 Å². The van der Waals surface area contributed by atoms with Crippen LogP contribution >= 0.6 is 0 Å². The molecule has 3 rings (SSSR count). The number of hydrogen-bond donors (Lipinski definition) is 2. The number of hydrogen-bond acceptors (Lipinski definition) is 4. The largest absolute Gasteiger partial charge is 0.477 e. The first-order chi connectivity index (χ1) is 10.9. The molecule has 0 radical (unpaired) electrons. The average molecular weight is 319 g/mol. The summed E-state index contributed by atoms with van der Waals surface area (Å²) in [5, 5.41) is 9.27. The summed E-state index contributed by atoms with van der Waals surface area (Å²) >= 11 is 0. The second-order valence-corrected chi connectivity index (χ2v) is 5.87. The van der Waals surface area contributed by atoms with Crippen LogP contribution in [0.2, 0.25) is 0 Å². The number of likely N-dealkylation sites (N-methyl/N-ethyl adjacent to an activating group) is 1. The molecule has 0 aliphatic heterocycles. The minimum absolute atomic E-state index is 0.269. The molecule has 6 nitrogen and oxygen atoms in total. The molecule has 2 aromatic rings. The number of nitrogens with two attached hydrogens (primary N) is 1. The van der Waals surface area contributed by atoms with Crippen molar-refractivity contribution in [2.75, 3.05) is 20.1 Å². The van der Waals surface area contributed by atoms with E-state index < -0.39 is 28.4 Å². The zero-order valence-electron chi connectivity index (χ0n) is 12.8. The molecule has 0 amide bonds. The number of halogens is 1. The van der Waals surface area contributed by atoms with Crippen LogP contribution in [0.15, 0.2) is 29.2 Å². The Balaban J connectivity index is 2.37. The molecular formula is C16H18FN3O3. The molecule has 2 heterocycles. The van der Waals surface area contributed by atoms with E-state index in [4.69, 9.17) is 5.73 Å². The number of carboxylic acids is 1. The molecule has 1 aliphatic rings. The van der Waals surface area contributed by atoms with Crippen LogP contribution in [0, 0.1) is 5.82 Å². The lowest BCUT2D eigenvalue weighted by Gasteiger charge is -2.29. The predicted molar refractivity (Wildman–Crippen MR) is 83.2 cm³/mol. The molecule has 1 fully saturated rings. The molecule has 23 heavy (non-hydrogen) atoms. The smallest absolute Gasteiger partial charge is 0.344 e. The fourth-order valence-corrected chi connectivity index (χ4v) is 3.25. The highest BCUT2D eigenvalue weighted by Gasteiger charge is 2.51. The van der Waals surface area contributed by atoms with E-state index >= 15 is 0 Å². The number of carboxylic acid groups (broad SMARTS) is 1. The summed E-state index contributed by atoms with van der Waals surface area (Å²) in [6.07, 6.45) is 2.86. The van der Waals surface area contributed by atoms with Gasteiger partial charge in [-0.15, -0.1) is 0 Å². The summed E-state index contributed by atoms with van der Waals surface area (Å²) in [4.78, 5) is 25.6. The predicted octanol–water partition coefficient (Wildman–Crippen LogP) is 1.02. The van der Waals surface area contributed by atoms with E-state index in [1.165, 1.54) is 10.6 Å². The number of nitrogens with zero attached hydrogens (tertiary/aromatic N) is 2. The topological polar surface area (TPSA) is 88.0 Å². The molecule has 3 N–H and O–H groups in total. The van der Waals surface area contributed by atoms with Crippen LogP contribution in [-0.2, 0) is 5.54 Å². The summed E-state index contributed by atoms with van der Waals surface area (Å²) in [5.41, 5.74) is 4.01. The van der Waals surface area contributed by atoms with Crippen LogP contribution in [0.5, 0.6) is 0 Å². The maximum Gasteiger partial charge on any atom is 0.344 e. The van der Waals surface area contributed by atoms with E-state index in [1.54, 1.807) is 18.2 Å². The van der Waals surface area contributed by atoms with Gasteiger partial charge in [-0.25, -0.2) is 9.18 Å². The number of rotatable bonds is 5. The fraction of sp³-hybridized carbons (Fsp3) is 0.375. The van der Waals surface area contributed by atoms with Crippen molar-refractivity contribution in [1.29, 1.82) is 0 Å². The first-order valence-electron chi connectivity index (χ1n) is 7.42. The van der Waals surface area contributed by atoms with Crippen molar-refractivity contribution in [2.24, 2.45) is 5.73 Å². The second-order valence-electron chi connectivity index (χ2n) is 5.87. The third kappa shape index (κ3) is 2.24. The average Bonchev–Trinajstić information content (AvgIpc) is 3.29. The highest BCUT2D eigenvalue weighted by molar-refractivity contribution is 5.89. The van der Waals surface area contributed by atoms with Gasteiger partial charge in [0.05, 0.1) is 11.1 Å². The molecule has 122 valence electrons. The monoisotopic (exact) mass is 319 g/mol. The minimum atomic E-state index is -1.55. The Bertz CT molecular complexity index is 842. The van der Waals surface area contributed by atoms with Gasteiger partial charge in [-0.2, -0.15) is 0 Å². The van der Waals surface area contributed by atoms with Crippen molar-refractivity contribution < 1.29 is 14.3 Å². The van der Waals surface area contributed by atoms with E-state index in [2.05, 4.69) is 0 Å². The van der Waals surface area contributed by atoms with Gasteiger partial charge >= 0.3 is 5.97 Å². The van der Waals surface area contributed by atoms with Gasteiger partial charge in [-0.05, 0) is 32.0 Å². The van der Waals surface area contributed by atoms with Crippen LogP contribution < -0.4 is 11.3 Å². The Kier molecular flexibility index (Phi) is 3.69.